The number of hydrogen-bond acceptors (Lipinski definition) is 8. The van der Waals surface area contributed by atoms with Crippen LogP contribution in [0.2, 0.25) is 0 Å². The average Bonchev–Trinajstić information content (AvgIpc) is 3.15. The predicted molar refractivity (Wildman–Crippen MR) is 99.0 cm³/mol. The second-order valence-corrected chi connectivity index (χ2v) is 6.59. The van der Waals surface area contributed by atoms with E-state index in [-0.39, 0.29) is 11.6 Å². The molecule has 2 aromatic heterocycles. The van der Waals surface area contributed by atoms with Crippen molar-refractivity contribution in [3.05, 3.63) is 54.2 Å². The van der Waals surface area contributed by atoms with Gasteiger partial charge in [0.1, 0.15) is 11.1 Å². The number of aromatic nitrogens is 3. The van der Waals surface area contributed by atoms with E-state index in [9.17, 15) is 10.4 Å². The summed E-state index contributed by atoms with van der Waals surface area (Å²) in [5, 5.41) is 27.3. The van der Waals surface area contributed by atoms with E-state index >= 15 is 0 Å². The molecule has 0 saturated carbocycles. The Balaban J connectivity index is 1.76. The van der Waals surface area contributed by atoms with Gasteiger partial charge in [-0.25, -0.2) is 9.98 Å². The molecular weight excluding hydrogens is 364 g/mol. The quantitative estimate of drug-likeness (QED) is 0.274. The van der Waals surface area contributed by atoms with E-state index in [0.29, 0.717) is 10.6 Å². The lowest BCUT2D eigenvalue weighted by Gasteiger charge is -2.10. The zero-order valence-corrected chi connectivity index (χ0v) is 15.6. The van der Waals surface area contributed by atoms with Gasteiger partial charge in [0.25, 0.3) is 6.20 Å². The fraction of sp³-hybridized carbons (Fsp3) is 0.167. The Morgan fingerprint density at radius 2 is 2.07 bits per heavy atom. The zero-order valence-electron chi connectivity index (χ0n) is 14.7. The van der Waals surface area contributed by atoms with Gasteiger partial charge in [-0.15, -0.1) is 0 Å². The summed E-state index contributed by atoms with van der Waals surface area (Å²) >= 11 is 1.16. The summed E-state index contributed by atoms with van der Waals surface area (Å²) in [6.45, 7) is 0. The van der Waals surface area contributed by atoms with Crippen LogP contribution >= 0.6 is 11.8 Å². The van der Waals surface area contributed by atoms with Crippen molar-refractivity contribution in [1.82, 2.24) is 10.3 Å². The van der Waals surface area contributed by atoms with E-state index in [0.717, 1.165) is 23.0 Å². The molecule has 136 valence electrons. The van der Waals surface area contributed by atoms with Crippen LogP contribution < -0.4 is 14.9 Å². The summed E-state index contributed by atoms with van der Waals surface area (Å²) in [7, 11) is 3.55. The maximum absolute atomic E-state index is 12.1. The first-order valence-electron chi connectivity index (χ1n) is 7.97. The summed E-state index contributed by atoms with van der Waals surface area (Å²) in [5.74, 6) is -0.263. The molecule has 3 aromatic rings. The van der Waals surface area contributed by atoms with Crippen molar-refractivity contribution in [2.45, 2.75) is 5.03 Å². The number of pyridine rings is 1. The fourth-order valence-electron chi connectivity index (χ4n) is 2.16. The molecule has 0 N–H and O–H groups in total. The van der Waals surface area contributed by atoms with Gasteiger partial charge in [0.15, 0.2) is 0 Å². The monoisotopic (exact) mass is 380 g/mol. The molecule has 0 aliphatic heterocycles. The molecule has 1 aromatic carbocycles. The van der Waals surface area contributed by atoms with Crippen molar-refractivity contribution >= 4 is 23.5 Å². The van der Waals surface area contributed by atoms with Gasteiger partial charge in [0.05, 0.1) is 30.1 Å². The van der Waals surface area contributed by atoms with Crippen LogP contribution in [0.3, 0.4) is 0 Å². The van der Waals surface area contributed by atoms with Crippen LogP contribution in [-0.2, 0) is 0 Å². The van der Waals surface area contributed by atoms with Gasteiger partial charge in [-0.1, -0.05) is 42.1 Å². The second-order valence-electron chi connectivity index (χ2n) is 5.63. The number of aliphatic imine (C=N–C) groups is 1. The predicted octanol–water partition coefficient (Wildman–Crippen LogP) is 1.28. The maximum atomic E-state index is 12.1. The lowest BCUT2D eigenvalue weighted by Crippen LogP contribution is -2.53. The zero-order chi connectivity index (χ0) is 19.2. The maximum Gasteiger partial charge on any atom is 0.324 e. The van der Waals surface area contributed by atoms with E-state index in [4.69, 9.17) is 4.52 Å². The molecule has 0 atom stereocenters. The number of rotatable bonds is 6. The number of nitriles is 1. The Morgan fingerprint density at radius 3 is 2.74 bits per heavy atom. The van der Waals surface area contributed by atoms with Crippen LogP contribution in [0.25, 0.3) is 11.3 Å². The molecule has 0 fully saturated rings. The summed E-state index contributed by atoms with van der Waals surface area (Å²) in [6, 6.07) is 15.2. The van der Waals surface area contributed by atoms with Crippen LogP contribution in [-0.4, -0.2) is 36.0 Å². The van der Waals surface area contributed by atoms with Gasteiger partial charge < -0.3 is 5.11 Å². The van der Waals surface area contributed by atoms with Crippen LogP contribution in [0.5, 0.6) is 0 Å². The molecule has 0 radical (unpaired) electrons. The molecule has 9 heteroatoms. The smallest absolute Gasteiger partial charge is 0.324 e. The highest BCUT2D eigenvalue weighted by molar-refractivity contribution is 7.99. The number of thioether (sulfide) groups is 1. The van der Waals surface area contributed by atoms with Crippen molar-refractivity contribution < 1.29 is 14.4 Å². The minimum atomic E-state index is -0.405. The highest BCUT2D eigenvalue weighted by Crippen LogP contribution is 2.25. The minimum Gasteiger partial charge on any atom is -0.861 e. The van der Waals surface area contributed by atoms with Crippen LogP contribution in [0.15, 0.2) is 63.2 Å². The highest BCUT2D eigenvalue weighted by atomic mass is 32.2. The van der Waals surface area contributed by atoms with Gasteiger partial charge in [-0.2, -0.15) is 10.3 Å². The van der Waals surface area contributed by atoms with Crippen LogP contribution in [0.4, 0.5) is 5.88 Å². The third-order valence-electron chi connectivity index (χ3n) is 3.47. The summed E-state index contributed by atoms with van der Waals surface area (Å²) < 4.78 is 4.98. The number of benzene rings is 1. The van der Waals surface area contributed by atoms with Crippen molar-refractivity contribution in [3.63, 3.8) is 0 Å². The standard InChI is InChI=1S/C18H16N6O2S/c1-23(2)24-11-17(26-22-24)21-16(25)12-27-18-14(10-19)8-9-15(20-18)13-6-4-3-5-7-13/h3-9,11H,12H2,1-2H3. The SMILES string of the molecule is CN(C)[n+]1cc(/N=C(\[O-])CSc2nc(-c3ccccc3)ccc2C#N)on1. The Morgan fingerprint density at radius 1 is 1.30 bits per heavy atom. The Bertz CT molecular complexity index is 995. The van der Waals surface area contributed by atoms with E-state index in [1.807, 2.05) is 30.3 Å². The van der Waals surface area contributed by atoms with Gasteiger partial charge in [0, 0.05) is 11.3 Å². The molecule has 0 aliphatic carbocycles. The lowest BCUT2D eigenvalue weighted by molar-refractivity contribution is -0.753. The fourth-order valence-corrected chi connectivity index (χ4v) is 2.91. The summed E-state index contributed by atoms with van der Waals surface area (Å²) in [4.78, 5) is 9.80. The Labute approximate surface area is 160 Å². The van der Waals surface area contributed by atoms with Gasteiger partial charge in [-0.3, -0.25) is 4.52 Å². The number of nitrogens with zero attached hydrogens (tertiary/aromatic N) is 6. The van der Waals surface area contributed by atoms with E-state index in [1.165, 1.54) is 11.0 Å². The van der Waals surface area contributed by atoms with Crippen molar-refractivity contribution in [2.75, 3.05) is 24.9 Å². The molecule has 0 amide bonds. The van der Waals surface area contributed by atoms with Crippen molar-refractivity contribution in [3.8, 4) is 17.3 Å². The highest BCUT2D eigenvalue weighted by Gasteiger charge is 2.13. The first-order chi connectivity index (χ1) is 13.1. The molecule has 27 heavy (non-hydrogen) atoms. The summed E-state index contributed by atoms with van der Waals surface area (Å²) in [5.41, 5.74) is 2.09. The second kappa shape index (κ2) is 8.33. The van der Waals surface area contributed by atoms with E-state index < -0.39 is 5.90 Å². The van der Waals surface area contributed by atoms with E-state index in [1.54, 1.807) is 31.2 Å². The molecule has 0 bridgehead atoms. The molecule has 3 rings (SSSR count). The molecule has 0 spiro atoms. The first kappa shape index (κ1) is 18.4. The molecular formula is C18H16N6O2S. The molecule has 0 unspecified atom stereocenters. The molecule has 8 nitrogen and oxygen atoms in total. The van der Waals surface area contributed by atoms with Gasteiger partial charge in [0.2, 0.25) is 5.27 Å². The minimum absolute atomic E-state index is 0.0303. The van der Waals surface area contributed by atoms with Gasteiger partial charge in [-0.05, 0) is 18.0 Å². The van der Waals surface area contributed by atoms with Crippen molar-refractivity contribution in [2.24, 2.45) is 4.99 Å². The lowest BCUT2D eigenvalue weighted by atomic mass is 10.1. The average molecular weight is 380 g/mol. The topological polar surface area (TPSA) is 105 Å². The Hall–Kier alpha value is -3.38. The van der Waals surface area contributed by atoms with Gasteiger partial charge >= 0.3 is 5.88 Å². The van der Waals surface area contributed by atoms with E-state index in [2.05, 4.69) is 21.3 Å². The normalized spacial score (nSPS) is 11.2. The molecule has 0 saturated heterocycles. The summed E-state index contributed by atoms with van der Waals surface area (Å²) in [6.07, 6.45) is 1.50. The molecule has 0 aliphatic rings. The largest absolute Gasteiger partial charge is 0.861 e. The Kier molecular flexibility index (Phi) is 5.68. The first-order valence-corrected chi connectivity index (χ1v) is 8.95. The third kappa shape index (κ3) is 4.62. The number of hydrogen-bond donors (Lipinski definition) is 0. The molecule has 2 heterocycles. The van der Waals surface area contributed by atoms with Crippen LogP contribution in [0.1, 0.15) is 5.56 Å². The van der Waals surface area contributed by atoms with Crippen molar-refractivity contribution in [1.29, 1.82) is 5.26 Å². The van der Waals surface area contributed by atoms with Crippen LogP contribution in [0, 0.1) is 11.3 Å². The third-order valence-corrected chi connectivity index (χ3v) is 4.45.